The van der Waals surface area contributed by atoms with Crippen molar-refractivity contribution in [3.05, 3.63) is 23.3 Å². The predicted octanol–water partition coefficient (Wildman–Crippen LogP) is 0.582. The second-order valence-electron chi connectivity index (χ2n) is 5.65. The van der Waals surface area contributed by atoms with Crippen LogP contribution in [0.25, 0.3) is 0 Å². The molecule has 1 fully saturated rings. The van der Waals surface area contributed by atoms with Gasteiger partial charge in [0, 0.05) is 19.7 Å². The van der Waals surface area contributed by atoms with Gasteiger partial charge in [-0.3, -0.25) is 19.4 Å². The summed E-state index contributed by atoms with van der Waals surface area (Å²) in [5.41, 5.74) is 0.445. The van der Waals surface area contributed by atoms with Crippen molar-refractivity contribution >= 4 is 23.8 Å². The topological polar surface area (TPSA) is 102 Å². The summed E-state index contributed by atoms with van der Waals surface area (Å²) < 4.78 is 15.7. The average Bonchev–Trinajstić information content (AvgIpc) is 2.94. The molecule has 1 atom stereocenters. The second kappa shape index (κ2) is 5.76. The minimum absolute atomic E-state index is 0.106. The van der Waals surface area contributed by atoms with Crippen molar-refractivity contribution in [1.82, 2.24) is 9.80 Å². The maximum atomic E-state index is 12.5. The Morgan fingerprint density at radius 1 is 0.960 bits per heavy atom. The second-order valence-corrected chi connectivity index (χ2v) is 5.65. The van der Waals surface area contributed by atoms with Crippen LogP contribution in [-0.2, 0) is 14.3 Å². The average molecular weight is 348 g/mol. The fourth-order valence-corrected chi connectivity index (χ4v) is 3.07. The van der Waals surface area contributed by atoms with Crippen molar-refractivity contribution in [1.29, 1.82) is 0 Å². The number of hydrogen-bond donors (Lipinski definition) is 0. The number of cyclic esters (lactones) is 1. The van der Waals surface area contributed by atoms with Crippen LogP contribution < -0.4 is 9.47 Å². The zero-order chi connectivity index (χ0) is 18.5. The van der Waals surface area contributed by atoms with Gasteiger partial charge in [0.15, 0.2) is 17.4 Å². The van der Waals surface area contributed by atoms with E-state index in [2.05, 4.69) is 0 Å². The minimum Gasteiger partial charge on any atom is -0.493 e. The number of urea groups is 1. The highest BCUT2D eigenvalue weighted by molar-refractivity contribution is 6.16. The third kappa shape index (κ3) is 2.23. The van der Waals surface area contributed by atoms with Crippen LogP contribution in [0.5, 0.6) is 11.5 Å². The predicted molar refractivity (Wildman–Crippen MR) is 82.1 cm³/mol. The normalized spacial score (nSPS) is 20.7. The van der Waals surface area contributed by atoms with Crippen LogP contribution in [0.15, 0.2) is 12.1 Å². The van der Waals surface area contributed by atoms with Gasteiger partial charge in [0.1, 0.15) is 11.7 Å². The molecule has 1 aromatic rings. The first kappa shape index (κ1) is 16.7. The van der Waals surface area contributed by atoms with E-state index >= 15 is 0 Å². The van der Waals surface area contributed by atoms with Crippen molar-refractivity contribution in [2.75, 3.05) is 28.3 Å². The molecule has 2 aliphatic rings. The lowest BCUT2D eigenvalue weighted by Crippen LogP contribution is -2.58. The Morgan fingerprint density at radius 2 is 1.56 bits per heavy atom. The molecule has 4 amide bonds. The largest absolute Gasteiger partial charge is 0.493 e. The SMILES string of the molecule is COc1ccc2c(c1OC)C(=O)OC2C1C(=O)N(C)C(=O)N(C)C1=O. The Morgan fingerprint density at radius 3 is 2.08 bits per heavy atom. The molecule has 0 N–H and O–H groups in total. The molecule has 2 aliphatic heterocycles. The van der Waals surface area contributed by atoms with Crippen LogP contribution in [0.4, 0.5) is 4.79 Å². The molecule has 0 radical (unpaired) electrons. The molecule has 2 heterocycles. The number of imide groups is 2. The number of ether oxygens (including phenoxy) is 3. The summed E-state index contributed by atoms with van der Waals surface area (Å²) in [5.74, 6) is -3.03. The van der Waals surface area contributed by atoms with E-state index in [0.717, 1.165) is 9.80 Å². The zero-order valence-electron chi connectivity index (χ0n) is 14.1. The Hall–Kier alpha value is -3.10. The van der Waals surface area contributed by atoms with E-state index in [1.165, 1.54) is 28.3 Å². The third-order valence-electron chi connectivity index (χ3n) is 4.39. The number of benzene rings is 1. The maximum Gasteiger partial charge on any atom is 0.343 e. The smallest absolute Gasteiger partial charge is 0.343 e. The van der Waals surface area contributed by atoms with Gasteiger partial charge in [-0.05, 0) is 6.07 Å². The van der Waals surface area contributed by atoms with Crippen LogP contribution in [0.1, 0.15) is 22.0 Å². The lowest BCUT2D eigenvalue weighted by atomic mass is 9.90. The van der Waals surface area contributed by atoms with Crippen LogP contribution in [0, 0.1) is 5.92 Å². The number of carbonyl (C=O) groups is 4. The van der Waals surface area contributed by atoms with Crippen molar-refractivity contribution < 1.29 is 33.4 Å². The Bertz CT molecular complexity index is 780. The molecule has 9 heteroatoms. The fourth-order valence-electron chi connectivity index (χ4n) is 3.07. The van der Waals surface area contributed by atoms with E-state index in [1.807, 2.05) is 0 Å². The molecule has 0 bridgehead atoms. The van der Waals surface area contributed by atoms with Gasteiger partial charge < -0.3 is 14.2 Å². The number of methoxy groups -OCH3 is 2. The highest BCUT2D eigenvalue weighted by Crippen LogP contribution is 2.45. The van der Waals surface area contributed by atoms with Gasteiger partial charge in [0.25, 0.3) is 0 Å². The lowest BCUT2D eigenvalue weighted by molar-refractivity contribution is -0.152. The van der Waals surface area contributed by atoms with E-state index in [9.17, 15) is 19.2 Å². The first-order valence-corrected chi connectivity index (χ1v) is 7.38. The number of esters is 1. The molecule has 0 saturated carbocycles. The van der Waals surface area contributed by atoms with E-state index in [-0.39, 0.29) is 11.3 Å². The Labute approximate surface area is 143 Å². The number of barbiturate groups is 1. The summed E-state index contributed by atoms with van der Waals surface area (Å²) in [5, 5.41) is 0. The summed E-state index contributed by atoms with van der Waals surface area (Å²) in [4.78, 5) is 50.8. The van der Waals surface area contributed by atoms with Gasteiger partial charge in [0.2, 0.25) is 11.8 Å². The van der Waals surface area contributed by atoms with Crippen molar-refractivity contribution in [2.45, 2.75) is 6.10 Å². The van der Waals surface area contributed by atoms with Crippen molar-refractivity contribution in [3.63, 3.8) is 0 Å². The van der Waals surface area contributed by atoms with Crippen LogP contribution >= 0.6 is 0 Å². The molecule has 0 aliphatic carbocycles. The number of carbonyl (C=O) groups excluding carboxylic acids is 4. The van der Waals surface area contributed by atoms with Gasteiger partial charge >= 0.3 is 12.0 Å². The number of hydrogen-bond acceptors (Lipinski definition) is 7. The molecule has 1 unspecified atom stereocenters. The van der Waals surface area contributed by atoms with Crippen molar-refractivity contribution in [3.8, 4) is 11.5 Å². The monoisotopic (exact) mass is 348 g/mol. The maximum absolute atomic E-state index is 12.5. The standard InChI is InChI=1S/C16H16N2O7/c1-17-13(19)10(14(20)18(2)16(17)22)11-7-5-6-8(23-3)12(24-4)9(7)15(21)25-11/h5-6,10-11H,1-4H3. The van der Waals surface area contributed by atoms with Gasteiger partial charge in [-0.15, -0.1) is 0 Å². The first-order valence-electron chi connectivity index (χ1n) is 7.38. The van der Waals surface area contributed by atoms with E-state index in [1.54, 1.807) is 12.1 Å². The molecule has 1 aromatic carbocycles. The Balaban J connectivity index is 2.10. The van der Waals surface area contributed by atoms with Crippen LogP contribution in [-0.4, -0.2) is 61.9 Å². The molecule has 1 saturated heterocycles. The molecule has 0 aromatic heterocycles. The molecule has 3 rings (SSSR count). The fraction of sp³-hybridized carbons (Fsp3) is 0.375. The summed E-state index contributed by atoms with van der Waals surface area (Å²) in [6.07, 6.45) is -1.14. The highest BCUT2D eigenvalue weighted by atomic mass is 16.6. The van der Waals surface area contributed by atoms with Crippen LogP contribution in [0.2, 0.25) is 0 Å². The number of rotatable bonds is 3. The van der Waals surface area contributed by atoms with Gasteiger partial charge in [-0.25, -0.2) is 9.59 Å². The lowest BCUT2D eigenvalue weighted by Gasteiger charge is -2.34. The molecular weight excluding hydrogens is 332 g/mol. The minimum atomic E-state index is -1.34. The zero-order valence-corrected chi connectivity index (χ0v) is 14.1. The van der Waals surface area contributed by atoms with Gasteiger partial charge in [0.05, 0.1) is 14.2 Å². The highest BCUT2D eigenvalue weighted by Gasteiger charge is 2.52. The van der Waals surface area contributed by atoms with Gasteiger partial charge in [-0.2, -0.15) is 0 Å². The number of amides is 4. The van der Waals surface area contributed by atoms with Crippen molar-refractivity contribution in [2.24, 2.45) is 5.92 Å². The summed E-state index contributed by atoms with van der Waals surface area (Å²) in [7, 11) is 5.33. The summed E-state index contributed by atoms with van der Waals surface area (Å²) >= 11 is 0. The number of nitrogens with zero attached hydrogens (tertiary/aromatic N) is 2. The van der Waals surface area contributed by atoms with E-state index in [0.29, 0.717) is 11.3 Å². The molecular formula is C16H16N2O7. The first-order chi connectivity index (χ1) is 11.8. The third-order valence-corrected chi connectivity index (χ3v) is 4.39. The number of fused-ring (bicyclic) bond motifs is 1. The molecule has 9 nitrogen and oxygen atoms in total. The van der Waals surface area contributed by atoms with E-state index < -0.39 is 35.8 Å². The van der Waals surface area contributed by atoms with E-state index in [4.69, 9.17) is 14.2 Å². The molecule has 25 heavy (non-hydrogen) atoms. The Kier molecular flexibility index (Phi) is 3.86. The quantitative estimate of drug-likeness (QED) is 0.581. The van der Waals surface area contributed by atoms with Gasteiger partial charge in [-0.1, -0.05) is 6.07 Å². The summed E-state index contributed by atoms with van der Waals surface area (Å²) in [6, 6.07) is 2.37. The molecule has 0 spiro atoms. The van der Waals surface area contributed by atoms with Crippen LogP contribution in [0.3, 0.4) is 0 Å². The molecule has 132 valence electrons. The summed E-state index contributed by atoms with van der Waals surface area (Å²) in [6.45, 7) is 0.